The van der Waals surface area contributed by atoms with E-state index >= 15 is 0 Å². The molecule has 0 spiro atoms. The summed E-state index contributed by atoms with van der Waals surface area (Å²) in [5.41, 5.74) is 2.96. The zero-order valence-electron chi connectivity index (χ0n) is 16.3. The van der Waals surface area contributed by atoms with Crippen LogP contribution in [0.4, 0.5) is 0 Å². The number of piperidine rings is 1. The van der Waals surface area contributed by atoms with Crippen molar-refractivity contribution in [3.63, 3.8) is 0 Å². The number of nitrogens with zero attached hydrogens (tertiary/aromatic N) is 2. The third-order valence-electron chi connectivity index (χ3n) is 4.95. The summed E-state index contributed by atoms with van der Waals surface area (Å²) in [5.74, 6) is 0.628. The molecule has 1 saturated heterocycles. The number of hydrogen-bond acceptors (Lipinski definition) is 4. The van der Waals surface area contributed by atoms with Gasteiger partial charge in [-0.25, -0.2) is 4.68 Å². The Balaban J connectivity index is 0.00000240. The Kier molecular flexibility index (Phi) is 6.90. The second-order valence-electron chi connectivity index (χ2n) is 6.92. The van der Waals surface area contributed by atoms with Crippen molar-refractivity contribution in [2.75, 3.05) is 20.2 Å². The molecule has 1 amide bonds. The predicted octanol–water partition coefficient (Wildman–Crippen LogP) is 3.45. The second-order valence-corrected chi connectivity index (χ2v) is 6.92. The number of rotatable bonds is 5. The van der Waals surface area contributed by atoms with Crippen LogP contribution in [0.1, 0.15) is 23.2 Å². The van der Waals surface area contributed by atoms with Gasteiger partial charge in [-0.05, 0) is 43.7 Å². The molecule has 1 aliphatic heterocycles. The van der Waals surface area contributed by atoms with Crippen molar-refractivity contribution in [2.45, 2.75) is 18.9 Å². The highest BCUT2D eigenvalue weighted by Crippen LogP contribution is 2.27. The van der Waals surface area contributed by atoms with Crippen LogP contribution in [0.3, 0.4) is 0 Å². The van der Waals surface area contributed by atoms with Gasteiger partial charge in [-0.15, -0.1) is 12.4 Å². The molecule has 1 aromatic heterocycles. The van der Waals surface area contributed by atoms with Crippen LogP contribution in [-0.2, 0) is 0 Å². The van der Waals surface area contributed by atoms with Crippen LogP contribution in [0.15, 0.2) is 60.8 Å². The van der Waals surface area contributed by atoms with E-state index < -0.39 is 0 Å². The standard InChI is InChI=1S/C22H24N4O2.ClH/c1-28-19-11-5-7-16(13-19)21-20(22(27)24-17-8-6-12-23-14-17)15-26(25-21)18-9-3-2-4-10-18;/h2-5,7,9-11,13,15,17,23H,6,8,12,14H2,1H3,(H,24,27);1H/t17-;/m0./s1. The van der Waals surface area contributed by atoms with E-state index in [-0.39, 0.29) is 24.4 Å². The summed E-state index contributed by atoms with van der Waals surface area (Å²) >= 11 is 0. The first-order valence-corrected chi connectivity index (χ1v) is 9.55. The number of methoxy groups -OCH3 is 1. The summed E-state index contributed by atoms with van der Waals surface area (Å²) < 4.78 is 7.10. The fourth-order valence-corrected chi connectivity index (χ4v) is 3.47. The number of nitrogens with one attached hydrogen (secondary N) is 2. The Morgan fingerprint density at radius 2 is 2.03 bits per heavy atom. The first kappa shape index (κ1) is 20.9. The van der Waals surface area contributed by atoms with Crippen LogP contribution in [0.25, 0.3) is 16.9 Å². The molecule has 152 valence electrons. The molecule has 2 aromatic carbocycles. The van der Waals surface area contributed by atoms with Crippen LogP contribution >= 0.6 is 12.4 Å². The summed E-state index contributed by atoms with van der Waals surface area (Å²) in [4.78, 5) is 13.1. The Morgan fingerprint density at radius 3 is 2.76 bits per heavy atom. The van der Waals surface area contributed by atoms with Crippen molar-refractivity contribution < 1.29 is 9.53 Å². The average molecular weight is 413 g/mol. The molecule has 0 radical (unpaired) electrons. The van der Waals surface area contributed by atoms with Gasteiger partial charge < -0.3 is 15.4 Å². The third-order valence-corrected chi connectivity index (χ3v) is 4.95. The van der Waals surface area contributed by atoms with Crippen molar-refractivity contribution in [1.29, 1.82) is 0 Å². The number of para-hydroxylation sites is 1. The highest BCUT2D eigenvalue weighted by Gasteiger charge is 2.22. The van der Waals surface area contributed by atoms with E-state index in [1.807, 2.05) is 54.6 Å². The van der Waals surface area contributed by atoms with E-state index in [2.05, 4.69) is 10.6 Å². The van der Waals surface area contributed by atoms with Crippen LogP contribution < -0.4 is 15.4 Å². The fraction of sp³-hybridized carbons (Fsp3) is 0.273. The molecule has 1 fully saturated rings. The lowest BCUT2D eigenvalue weighted by Gasteiger charge is -2.23. The monoisotopic (exact) mass is 412 g/mol. The number of halogens is 1. The maximum Gasteiger partial charge on any atom is 0.255 e. The zero-order chi connectivity index (χ0) is 19.3. The molecule has 2 heterocycles. The lowest BCUT2D eigenvalue weighted by atomic mass is 10.0. The molecule has 0 saturated carbocycles. The minimum absolute atomic E-state index is 0. The quantitative estimate of drug-likeness (QED) is 0.673. The second kappa shape index (κ2) is 9.58. The Hall–Kier alpha value is -2.83. The van der Waals surface area contributed by atoms with E-state index in [4.69, 9.17) is 9.84 Å². The lowest BCUT2D eigenvalue weighted by molar-refractivity contribution is 0.0931. The van der Waals surface area contributed by atoms with Gasteiger partial charge >= 0.3 is 0 Å². The number of hydrogen-bond donors (Lipinski definition) is 2. The normalized spacial score (nSPS) is 16.0. The first-order chi connectivity index (χ1) is 13.7. The van der Waals surface area contributed by atoms with Gasteiger partial charge in [-0.1, -0.05) is 30.3 Å². The smallest absolute Gasteiger partial charge is 0.255 e. The minimum atomic E-state index is -0.103. The lowest BCUT2D eigenvalue weighted by Crippen LogP contribution is -2.45. The van der Waals surface area contributed by atoms with E-state index in [1.54, 1.807) is 18.0 Å². The number of carbonyl (C=O) groups is 1. The first-order valence-electron chi connectivity index (χ1n) is 9.55. The van der Waals surface area contributed by atoms with E-state index in [1.165, 1.54) is 0 Å². The van der Waals surface area contributed by atoms with Gasteiger partial charge in [-0.3, -0.25) is 4.79 Å². The highest BCUT2D eigenvalue weighted by atomic mass is 35.5. The number of ether oxygens (including phenoxy) is 1. The molecular formula is C22H25ClN4O2. The topological polar surface area (TPSA) is 68.2 Å². The van der Waals surface area contributed by atoms with Gasteiger partial charge in [0.15, 0.2) is 0 Å². The van der Waals surface area contributed by atoms with Crippen molar-refractivity contribution in [3.05, 3.63) is 66.4 Å². The number of carbonyl (C=O) groups excluding carboxylic acids is 1. The van der Waals surface area contributed by atoms with Crippen molar-refractivity contribution in [1.82, 2.24) is 20.4 Å². The fourth-order valence-electron chi connectivity index (χ4n) is 3.47. The minimum Gasteiger partial charge on any atom is -0.497 e. The summed E-state index contributed by atoms with van der Waals surface area (Å²) in [6.07, 6.45) is 3.85. The maximum absolute atomic E-state index is 13.1. The SMILES string of the molecule is COc1cccc(-c2nn(-c3ccccc3)cc2C(=O)N[C@H]2CCCNC2)c1.Cl. The van der Waals surface area contributed by atoms with E-state index in [0.717, 1.165) is 42.9 Å². The molecule has 0 bridgehead atoms. The average Bonchev–Trinajstić information content (AvgIpc) is 3.21. The van der Waals surface area contributed by atoms with Crippen molar-refractivity contribution in [2.24, 2.45) is 0 Å². The van der Waals surface area contributed by atoms with Crippen LogP contribution in [-0.4, -0.2) is 41.9 Å². The van der Waals surface area contributed by atoms with Crippen LogP contribution in [0.2, 0.25) is 0 Å². The molecule has 29 heavy (non-hydrogen) atoms. The number of amides is 1. The van der Waals surface area contributed by atoms with E-state index in [0.29, 0.717) is 11.3 Å². The van der Waals surface area contributed by atoms with Gasteiger partial charge in [-0.2, -0.15) is 5.10 Å². The number of aromatic nitrogens is 2. The third kappa shape index (κ3) is 4.78. The Morgan fingerprint density at radius 1 is 1.21 bits per heavy atom. The molecular weight excluding hydrogens is 388 g/mol. The molecule has 1 aliphatic rings. The van der Waals surface area contributed by atoms with Gasteiger partial charge in [0.05, 0.1) is 18.4 Å². The molecule has 3 aromatic rings. The molecule has 7 heteroatoms. The van der Waals surface area contributed by atoms with Crippen molar-refractivity contribution in [3.8, 4) is 22.7 Å². The Bertz CT molecular complexity index is 952. The Labute approximate surface area is 176 Å². The van der Waals surface area contributed by atoms with Crippen LogP contribution in [0.5, 0.6) is 5.75 Å². The van der Waals surface area contributed by atoms with Gasteiger partial charge in [0, 0.05) is 24.3 Å². The highest BCUT2D eigenvalue weighted by molar-refractivity contribution is 6.00. The van der Waals surface area contributed by atoms with Gasteiger partial charge in [0.1, 0.15) is 11.4 Å². The van der Waals surface area contributed by atoms with Gasteiger partial charge in [0.25, 0.3) is 5.91 Å². The van der Waals surface area contributed by atoms with Crippen LogP contribution in [0, 0.1) is 0 Å². The van der Waals surface area contributed by atoms with Crippen molar-refractivity contribution >= 4 is 18.3 Å². The largest absolute Gasteiger partial charge is 0.497 e. The molecule has 2 N–H and O–H groups in total. The summed E-state index contributed by atoms with van der Waals surface area (Å²) in [7, 11) is 1.63. The summed E-state index contributed by atoms with van der Waals surface area (Å²) in [5, 5.41) is 11.2. The molecule has 1 atom stereocenters. The summed E-state index contributed by atoms with van der Waals surface area (Å²) in [6, 6.07) is 17.6. The predicted molar refractivity (Wildman–Crippen MR) is 116 cm³/mol. The maximum atomic E-state index is 13.1. The van der Waals surface area contributed by atoms with E-state index in [9.17, 15) is 4.79 Å². The van der Waals surface area contributed by atoms with Gasteiger partial charge in [0.2, 0.25) is 0 Å². The number of benzene rings is 2. The molecule has 0 unspecified atom stereocenters. The molecule has 6 nitrogen and oxygen atoms in total. The molecule has 0 aliphatic carbocycles. The summed E-state index contributed by atoms with van der Waals surface area (Å²) in [6.45, 7) is 1.81. The molecule has 4 rings (SSSR count). The zero-order valence-corrected chi connectivity index (χ0v) is 17.1.